The number of sulfonamides is 1. The Bertz CT molecular complexity index is 485. The summed E-state index contributed by atoms with van der Waals surface area (Å²) >= 11 is 0. The van der Waals surface area contributed by atoms with Crippen molar-refractivity contribution in [1.29, 1.82) is 0 Å². The molecule has 1 aromatic carbocycles. The fourth-order valence-corrected chi connectivity index (χ4v) is 2.01. The molecule has 5 nitrogen and oxygen atoms in total. The van der Waals surface area contributed by atoms with Crippen molar-refractivity contribution in [1.82, 2.24) is 0 Å². The summed E-state index contributed by atoms with van der Waals surface area (Å²) in [6.45, 7) is 2.35. The van der Waals surface area contributed by atoms with Gasteiger partial charge >= 0.3 is 0 Å². The average molecular weight is 273 g/mol. The van der Waals surface area contributed by atoms with Crippen molar-refractivity contribution >= 4 is 10.0 Å². The quantitative estimate of drug-likeness (QED) is 0.760. The van der Waals surface area contributed by atoms with Gasteiger partial charge in [0.25, 0.3) is 0 Å². The Morgan fingerprint density at radius 2 is 2.00 bits per heavy atom. The zero-order chi connectivity index (χ0) is 13.6. The molecule has 0 saturated heterocycles. The van der Waals surface area contributed by atoms with Gasteiger partial charge in [-0.05, 0) is 30.5 Å². The first-order valence-corrected chi connectivity index (χ1v) is 7.48. The van der Waals surface area contributed by atoms with Gasteiger partial charge in [-0.2, -0.15) is 0 Å². The van der Waals surface area contributed by atoms with E-state index in [1.54, 1.807) is 7.11 Å². The Balaban J connectivity index is 2.56. The molecule has 0 aliphatic carbocycles. The summed E-state index contributed by atoms with van der Waals surface area (Å²) in [5, 5.41) is 4.90. The molecule has 1 aromatic rings. The topological polar surface area (TPSA) is 78.6 Å². The SMILES string of the molecule is CCc1ccc(OCCCS(N)(=O)=O)c(OC)c1. The highest BCUT2D eigenvalue weighted by Crippen LogP contribution is 2.28. The normalized spacial score (nSPS) is 11.3. The summed E-state index contributed by atoms with van der Waals surface area (Å²) in [4.78, 5) is 0. The first kappa shape index (κ1) is 14.8. The Kier molecular flexibility index (Phi) is 5.43. The number of hydrogen-bond donors (Lipinski definition) is 1. The molecule has 6 heteroatoms. The van der Waals surface area contributed by atoms with Gasteiger partial charge < -0.3 is 9.47 Å². The third-order valence-corrected chi connectivity index (χ3v) is 3.32. The van der Waals surface area contributed by atoms with Crippen molar-refractivity contribution in [3.8, 4) is 11.5 Å². The average Bonchev–Trinajstić information content (AvgIpc) is 2.33. The molecule has 102 valence electrons. The Hall–Kier alpha value is -1.27. The summed E-state index contributed by atoms with van der Waals surface area (Å²) in [6, 6.07) is 5.70. The summed E-state index contributed by atoms with van der Waals surface area (Å²) in [7, 11) is -1.84. The molecule has 0 unspecified atom stereocenters. The molecule has 0 bridgehead atoms. The molecule has 0 fully saturated rings. The van der Waals surface area contributed by atoms with Crippen LogP contribution < -0.4 is 14.6 Å². The zero-order valence-corrected chi connectivity index (χ0v) is 11.5. The van der Waals surface area contributed by atoms with E-state index in [1.165, 1.54) is 0 Å². The van der Waals surface area contributed by atoms with Crippen molar-refractivity contribution in [2.45, 2.75) is 19.8 Å². The van der Waals surface area contributed by atoms with Crippen molar-refractivity contribution in [2.75, 3.05) is 19.5 Å². The molecule has 0 aliphatic heterocycles. The van der Waals surface area contributed by atoms with E-state index in [1.807, 2.05) is 18.2 Å². The van der Waals surface area contributed by atoms with E-state index in [9.17, 15) is 8.42 Å². The van der Waals surface area contributed by atoms with Gasteiger partial charge in [-0.1, -0.05) is 13.0 Å². The maximum atomic E-state index is 10.7. The molecule has 0 radical (unpaired) electrons. The molecule has 0 aliphatic rings. The van der Waals surface area contributed by atoms with Gasteiger partial charge in [0.2, 0.25) is 10.0 Å². The van der Waals surface area contributed by atoms with Crippen LogP contribution in [0.4, 0.5) is 0 Å². The Morgan fingerprint density at radius 1 is 1.28 bits per heavy atom. The lowest BCUT2D eigenvalue weighted by Gasteiger charge is -2.11. The van der Waals surface area contributed by atoms with Crippen LogP contribution >= 0.6 is 0 Å². The molecule has 0 atom stereocenters. The fourth-order valence-electron chi connectivity index (χ4n) is 1.49. The first-order chi connectivity index (χ1) is 8.46. The molecule has 0 amide bonds. The van der Waals surface area contributed by atoms with E-state index in [0.717, 1.165) is 12.0 Å². The van der Waals surface area contributed by atoms with E-state index in [4.69, 9.17) is 14.6 Å². The summed E-state index contributed by atoms with van der Waals surface area (Å²) < 4.78 is 32.2. The second kappa shape index (κ2) is 6.61. The number of primary sulfonamides is 1. The molecule has 0 aromatic heterocycles. The smallest absolute Gasteiger partial charge is 0.209 e. The minimum Gasteiger partial charge on any atom is -0.493 e. The van der Waals surface area contributed by atoms with E-state index < -0.39 is 10.0 Å². The van der Waals surface area contributed by atoms with Gasteiger partial charge in [-0.3, -0.25) is 0 Å². The lowest BCUT2D eigenvalue weighted by molar-refractivity contribution is 0.294. The summed E-state index contributed by atoms with van der Waals surface area (Å²) in [5.41, 5.74) is 1.16. The highest BCUT2D eigenvalue weighted by molar-refractivity contribution is 7.89. The van der Waals surface area contributed by atoms with Crippen LogP contribution in [-0.4, -0.2) is 27.9 Å². The standard InChI is InChI=1S/C12H19NO4S/c1-3-10-5-6-11(12(9-10)16-2)17-7-4-8-18(13,14)15/h5-6,9H,3-4,7-8H2,1-2H3,(H2,13,14,15). The first-order valence-electron chi connectivity index (χ1n) is 5.76. The summed E-state index contributed by atoms with van der Waals surface area (Å²) in [5.74, 6) is 1.19. The van der Waals surface area contributed by atoms with Crippen LogP contribution in [0.3, 0.4) is 0 Å². The van der Waals surface area contributed by atoms with E-state index in [2.05, 4.69) is 6.92 Å². The van der Waals surface area contributed by atoms with Crippen LogP contribution in [0.15, 0.2) is 18.2 Å². The Labute approximate surface area is 108 Å². The van der Waals surface area contributed by atoms with Crippen LogP contribution in [0, 0.1) is 0 Å². The largest absolute Gasteiger partial charge is 0.493 e. The number of hydrogen-bond acceptors (Lipinski definition) is 4. The highest BCUT2D eigenvalue weighted by Gasteiger charge is 2.06. The van der Waals surface area contributed by atoms with Gasteiger partial charge in [0, 0.05) is 0 Å². The number of rotatable bonds is 7. The van der Waals surface area contributed by atoms with Crippen LogP contribution in [0.1, 0.15) is 18.9 Å². The molecule has 1 rings (SSSR count). The van der Waals surface area contributed by atoms with Gasteiger partial charge in [0.15, 0.2) is 11.5 Å². The maximum absolute atomic E-state index is 10.7. The van der Waals surface area contributed by atoms with E-state index in [-0.39, 0.29) is 12.4 Å². The molecular formula is C12H19NO4S. The lowest BCUT2D eigenvalue weighted by atomic mass is 10.1. The molecule has 18 heavy (non-hydrogen) atoms. The number of nitrogens with two attached hydrogens (primary N) is 1. The van der Waals surface area contributed by atoms with E-state index >= 15 is 0 Å². The second-order valence-corrected chi connectivity index (χ2v) is 5.64. The Morgan fingerprint density at radius 3 is 2.56 bits per heavy atom. The molecule has 0 heterocycles. The molecule has 2 N–H and O–H groups in total. The maximum Gasteiger partial charge on any atom is 0.209 e. The van der Waals surface area contributed by atoms with Crippen molar-refractivity contribution in [3.63, 3.8) is 0 Å². The van der Waals surface area contributed by atoms with Crippen LogP contribution in [0.5, 0.6) is 11.5 Å². The number of methoxy groups -OCH3 is 1. The summed E-state index contributed by atoms with van der Waals surface area (Å²) in [6.07, 6.45) is 1.28. The second-order valence-electron chi connectivity index (χ2n) is 3.91. The number of ether oxygens (including phenoxy) is 2. The monoisotopic (exact) mass is 273 g/mol. The van der Waals surface area contributed by atoms with Crippen LogP contribution in [0.2, 0.25) is 0 Å². The lowest BCUT2D eigenvalue weighted by Crippen LogP contribution is -2.18. The molecule has 0 saturated carbocycles. The third-order valence-electron chi connectivity index (χ3n) is 2.47. The van der Waals surface area contributed by atoms with Crippen LogP contribution in [-0.2, 0) is 16.4 Å². The van der Waals surface area contributed by atoms with Gasteiger partial charge in [-0.15, -0.1) is 0 Å². The van der Waals surface area contributed by atoms with Crippen molar-refractivity contribution in [3.05, 3.63) is 23.8 Å². The number of aryl methyl sites for hydroxylation is 1. The van der Waals surface area contributed by atoms with Gasteiger partial charge in [0.05, 0.1) is 19.5 Å². The highest BCUT2D eigenvalue weighted by atomic mass is 32.2. The predicted octanol–water partition coefficient (Wildman–Crippen LogP) is 1.31. The molecule has 0 spiro atoms. The van der Waals surface area contributed by atoms with E-state index in [0.29, 0.717) is 17.9 Å². The van der Waals surface area contributed by atoms with Crippen molar-refractivity contribution in [2.24, 2.45) is 5.14 Å². The minimum absolute atomic E-state index is 0.0810. The number of benzene rings is 1. The predicted molar refractivity (Wildman–Crippen MR) is 70.5 cm³/mol. The van der Waals surface area contributed by atoms with Gasteiger partial charge in [-0.25, -0.2) is 13.6 Å². The van der Waals surface area contributed by atoms with Gasteiger partial charge in [0.1, 0.15) is 0 Å². The molecular weight excluding hydrogens is 254 g/mol. The van der Waals surface area contributed by atoms with Crippen LogP contribution in [0.25, 0.3) is 0 Å². The van der Waals surface area contributed by atoms with Crippen molar-refractivity contribution < 1.29 is 17.9 Å². The zero-order valence-electron chi connectivity index (χ0n) is 10.7. The third kappa shape index (κ3) is 4.93. The fraction of sp³-hybridized carbons (Fsp3) is 0.500. The minimum atomic E-state index is -3.42.